The van der Waals surface area contributed by atoms with Crippen LogP contribution in [0.1, 0.15) is 5.56 Å². The topological polar surface area (TPSA) is 60.2 Å². The first-order chi connectivity index (χ1) is 7.72. The molecule has 105 valence electrons. The molecule has 18 heavy (non-hydrogen) atoms. The van der Waals surface area contributed by atoms with Crippen molar-refractivity contribution in [2.75, 3.05) is 0 Å². The van der Waals surface area contributed by atoms with E-state index in [1.807, 2.05) is 0 Å². The number of benzene rings is 1. The summed E-state index contributed by atoms with van der Waals surface area (Å²) < 4.78 is 65.6. The van der Waals surface area contributed by atoms with E-state index in [1.165, 1.54) is 0 Å². The molecule has 0 amide bonds. The summed E-state index contributed by atoms with van der Waals surface area (Å²) in [5.74, 6) is 0. The maximum absolute atomic E-state index is 12.3. The molecule has 0 saturated carbocycles. The van der Waals surface area contributed by atoms with E-state index in [4.69, 9.17) is 34.9 Å². The molecule has 1 aromatic carbocycles. The number of hydrogen-bond acceptors (Lipinski definition) is 3. The first-order valence-electron chi connectivity index (χ1n) is 4.04. The standard InChI is InChI=1S/C7H4F3O2S.3ClH.Cr.H2N/c8-7(9,10)5-1-3-6(4-2-5)13(11)12;;;;;/h1-4H;3*1H;;1H2/q;;;;+4;-1/p-3. The quantitative estimate of drug-likeness (QED) is 0.851. The number of alkyl halides is 3. The minimum absolute atomic E-state index is 0.557. The second-order valence-electron chi connectivity index (χ2n) is 3.20. The van der Waals surface area contributed by atoms with Crippen LogP contribution in [0, 0.1) is 0 Å². The summed E-state index contributed by atoms with van der Waals surface area (Å²) in [6, 6.07) is 2.56. The minimum atomic E-state index is -5.47. The summed E-state index contributed by atoms with van der Waals surface area (Å²) in [6.07, 6.45) is -4.58. The van der Waals surface area contributed by atoms with Gasteiger partial charge in [0.25, 0.3) is 0 Å². The Morgan fingerprint density at radius 2 is 1.44 bits per heavy atom. The van der Waals surface area contributed by atoms with Crippen LogP contribution in [0.3, 0.4) is 0 Å². The molecule has 0 aromatic heterocycles. The van der Waals surface area contributed by atoms with Crippen LogP contribution < -0.4 is 4.72 Å². The van der Waals surface area contributed by atoms with Gasteiger partial charge in [-0.3, -0.25) is 0 Å². The van der Waals surface area contributed by atoms with Crippen LogP contribution in [-0.2, 0) is 22.7 Å². The number of nitrogens with two attached hydrogens (primary N) is 1. The predicted octanol–water partition coefficient (Wildman–Crippen LogP) is 3.42. The van der Waals surface area contributed by atoms with Gasteiger partial charge in [0.1, 0.15) is 0 Å². The summed E-state index contributed by atoms with van der Waals surface area (Å²) in [7, 11) is 6.30. The van der Waals surface area contributed by atoms with Crippen LogP contribution in [0.5, 0.6) is 0 Å². The second-order valence-corrected chi connectivity index (χ2v) is 23.9. The fourth-order valence-corrected chi connectivity index (χ4v) is 6.54. The zero-order valence-corrected chi connectivity index (χ0v) is 12.6. The average molecular weight is 384 g/mol. The Labute approximate surface area is 113 Å². The Balaban J connectivity index is 3.32. The summed E-state index contributed by atoms with van der Waals surface area (Å²) in [5.41, 5.74) is -1.01. The van der Waals surface area contributed by atoms with Gasteiger partial charge in [-0.05, 0) is 0 Å². The van der Waals surface area contributed by atoms with Gasteiger partial charge in [0.05, 0.1) is 0 Å². The first kappa shape index (κ1) is 16.4. The summed E-state index contributed by atoms with van der Waals surface area (Å²) in [4.78, 5) is -0.557. The average Bonchev–Trinajstić information content (AvgIpc) is 2.13. The molecule has 2 N–H and O–H groups in total. The van der Waals surface area contributed by atoms with E-state index in [0.29, 0.717) is 24.3 Å². The molecule has 0 saturated heterocycles. The van der Waals surface area contributed by atoms with Gasteiger partial charge in [-0.2, -0.15) is 0 Å². The van der Waals surface area contributed by atoms with E-state index in [-0.39, 0.29) is 0 Å². The SMILES string of the molecule is [NH2][Cr]([Cl])([Cl])([Cl])[S](=O)(=O)c1ccc(C(F)(F)F)cc1. The van der Waals surface area contributed by atoms with Crippen molar-refractivity contribution in [3.63, 3.8) is 0 Å². The van der Waals surface area contributed by atoms with Crippen LogP contribution in [0.25, 0.3) is 0 Å². The monoisotopic (exact) mass is 382 g/mol. The van der Waals surface area contributed by atoms with E-state index in [2.05, 4.69) is 0 Å². The molecule has 0 unspecified atom stereocenters. The predicted molar refractivity (Wildman–Crippen MR) is 60.4 cm³/mol. The molecule has 0 heterocycles. The van der Waals surface area contributed by atoms with Crippen LogP contribution in [0.15, 0.2) is 29.2 Å². The van der Waals surface area contributed by atoms with Crippen molar-refractivity contribution in [1.82, 2.24) is 0 Å². The Morgan fingerprint density at radius 1 is 1.06 bits per heavy atom. The van der Waals surface area contributed by atoms with Crippen molar-refractivity contribution < 1.29 is 29.9 Å². The maximum atomic E-state index is 12.3. The van der Waals surface area contributed by atoms with Crippen molar-refractivity contribution in [3.05, 3.63) is 29.8 Å². The van der Waals surface area contributed by atoms with Gasteiger partial charge in [-0.25, -0.2) is 0 Å². The van der Waals surface area contributed by atoms with E-state index in [9.17, 15) is 21.6 Å². The van der Waals surface area contributed by atoms with Crippen LogP contribution in [0.2, 0.25) is 0 Å². The normalized spacial score (nSPS) is 16.1. The molecule has 1 rings (SSSR count). The molecular weight excluding hydrogens is 377 g/mol. The Bertz CT molecular complexity index is 555. The molecule has 0 atom stereocenters. The number of halogens is 6. The van der Waals surface area contributed by atoms with Crippen molar-refractivity contribution in [2.45, 2.75) is 11.1 Å². The van der Waals surface area contributed by atoms with Gasteiger partial charge >= 0.3 is 114 Å². The summed E-state index contributed by atoms with van der Waals surface area (Å²) in [6.45, 7) is 0. The number of rotatable bonds is 2. The Hall–Kier alpha value is 0.322. The first-order valence-corrected chi connectivity index (χ1v) is 13.0. The molecule has 3 nitrogen and oxygen atoms in total. The molecule has 0 aliphatic carbocycles. The van der Waals surface area contributed by atoms with Gasteiger partial charge in [-0.15, -0.1) is 0 Å². The summed E-state index contributed by atoms with van der Waals surface area (Å²) >= 11 is 0. The van der Waals surface area contributed by atoms with Gasteiger partial charge < -0.3 is 0 Å². The van der Waals surface area contributed by atoms with E-state index in [1.54, 1.807) is 0 Å². The van der Waals surface area contributed by atoms with Crippen LogP contribution in [0.4, 0.5) is 13.2 Å². The van der Waals surface area contributed by atoms with Crippen LogP contribution >= 0.6 is 30.1 Å². The van der Waals surface area contributed by atoms with Crippen molar-refractivity contribution in [3.8, 4) is 0 Å². The fraction of sp³-hybridized carbons (Fsp3) is 0.143. The number of hydrogen-bond donors (Lipinski definition) is 1. The molecule has 1 aromatic rings. The van der Waals surface area contributed by atoms with E-state index < -0.39 is 33.2 Å². The van der Waals surface area contributed by atoms with Gasteiger partial charge in [0.15, 0.2) is 0 Å². The molecular formula is C7H6Cl3CrF3NO2S. The van der Waals surface area contributed by atoms with E-state index in [0.717, 1.165) is 0 Å². The van der Waals surface area contributed by atoms with Gasteiger partial charge in [0, 0.05) is 0 Å². The molecule has 0 radical (unpaired) electrons. The summed E-state index contributed by atoms with van der Waals surface area (Å²) in [5, 5.41) is 0. The molecule has 0 aliphatic heterocycles. The second kappa shape index (κ2) is 4.42. The zero-order chi connectivity index (χ0) is 14.4. The van der Waals surface area contributed by atoms with Gasteiger partial charge in [-0.1, -0.05) is 0 Å². The molecule has 11 heteroatoms. The third kappa shape index (κ3) is 3.25. The van der Waals surface area contributed by atoms with Crippen molar-refractivity contribution >= 4 is 38.4 Å². The Morgan fingerprint density at radius 3 is 1.72 bits per heavy atom. The van der Waals surface area contributed by atoms with Crippen LogP contribution in [-0.4, -0.2) is 8.42 Å². The Kier molecular flexibility index (Phi) is 4.02. The zero-order valence-electron chi connectivity index (χ0n) is 8.29. The molecule has 0 spiro atoms. The molecule has 0 aliphatic rings. The van der Waals surface area contributed by atoms with Crippen molar-refractivity contribution in [1.29, 1.82) is 0 Å². The molecule has 0 bridgehead atoms. The van der Waals surface area contributed by atoms with E-state index >= 15 is 0 Å². The van der Waals surface area contributed by atoms with Gasteiger partial charge in [0.2, 0.25) is 0 Å². The van der Waals surface area contributed by atoms with Crippen molar-refractivity contribution in [2.24, 2.45) is 4.72 Å². The third-order valence-electron chi connectivity index (χ3n) is 1.85. The fourth-order valence-electron chi connectivity index (χ4n) is 0.975. The molecule has 0 fully saturated rings. The third-order valence-corrected chi connectivity index (χ3v) is 14.0.